The maximum Gasteiger partial charge on any atom is 0.278 e. The molecule has 2 aromatic heterocycles. The Morgan fingerprint density at radius 2 is 1.54 bits per heavy atom. The van der Waals surface area contributed by atoms with Crippen molar-refractivity contribution < 1.29 is 19.0 Å². The Bertz CT molecular complexity index is 1580. The molecule has 0 unspecified atom stereocenters. The Morgan fingerprint density at radius 1 is 0.838 bits per heavy atom. The average Bonchev–Trinajstić information content (AvgIpc) is 3.26. The number of anilines is 1. The van der Waals surface area contributed by atoms with Crippen molar-refractivity contribution in [3.8, 4) is 34.1 Å². The van der Waals surface area contributed by atoms with Crippen LogP contribution in [0.3, 0.4) is 0 Å². The first-order valence-corrected chi connectivity index (χ1v) is 11.6. The van der Waals surface area contributed by atoms with Gasteiger partial charge in [0.15, 0.2) is 22.8 Å². The highest BCUT2D eigenvalue weighted by atomic mass is 16.5. The average molecular weight is 496 g/mol. The van der Waals surface area contributed by atoms with Crippen LogP contribution in [0, 0.1) is 13.8 Å². The van der Waals surface area contributed by atoms with E-state index in [0.29, 0.717) is 34.3 Å². The van der Waals surface area contributed by atoms with E-state index in [2.05, 4.69) is 20.6 Å². The van der Waals surface area contributed by atoms with Gasteiger partial charge in [-0.25, -0.2) is 4.52 Å². The van der Waals surface area contributed by atoms with E-state index in [0.717, 1.165) is 22.6 Å². The van der Waals surface area contributed by atoms with Gasteiger partial charge in [-0.05, 0) is 67.9 Å². The number of ether oxygens (including phenoxy) is 3. The molecule has 3 aromatic carbocycles. The molecule has 5 rings (SSSR count). The molecule has 0 atom stereocenters. The molecule has 1 amide bonds. The van der Waals surface area contributed by atoms with E-state index in [-0.39, 0.29) is 11.6 Å². The number of carbonyl (C=O) groups is 1. The van der Waals surface area contributed by atoms with Crippen molar-refractivity contribution in [2.24, 2.45) is 0 Å². The summed E-state index contributed by atoms with van der Waals surface area (Å²) >= 11 is 0. The predicted octanol–water partition coefficient (Wildman–Crippen LogP) is 5.47. The monoisotopic (exact) mass is 495 g/mol. The van der Waals surface area contributed by atoms with Crippen LogP contribution >= 0.6 is 0 Å². The highest BCUT2D eigenvalue weighted by Crippen LogP contribution is 2.35. The highest BCUT2D eigenvalue weighted by molar-refractivity contribution is 6.03. The number of methoxy groups -OCH3 is 2. The van der Waals surface area contributed by atoms with Gasteiger partial charge in [0.2, 0.25) is 0 Å². The first-order chi connectivity index (χ1) is 18.0. The minimum Gasteiger partial charge on any atom is -0.493 e. The van der Waals surface area contributed by atoms with E-state index < -0.39 is 0 Å². The first-order valence-electron chi connectivity index (χ1n) is 11.6. The largest absolute Gasteiger partial charge is 0.493 e. The second kappa shape index (κ2) is 9.98. The lowest BCUT2D eigenvalue weighted by Crippen LogP contribution is -2.18. The highest BCUT2D eigenvalue weighted by Gasteiger charge is 2.21. The molecule has 0 aliphatic carbocycles. The standard InChI is InChI=1S/C28H25N5O4/c1-17-25(19-10-15-23(35-3)24(16-19)36-4)27-31-30-26(18(2)33(27)32-17)28(34)29-20-11-13-22(14-12-20)37-21-8-6-5-7-9-21/h5-16H,1-4H3,(H,29,34). The van der Waals surface area contributed by atoms with Gasteiger partial charge in [0.25, 0.3) is 5.91 Å². The molecule has 0 aliphatic rings. The third-order valence-corrected chi connectivity index (χ3v) is 5.92. The van der Waals surface area contributed by atoms with Gasteiger partial charge < -0.3 is 19.5 Å². The fourth-order valence-corrected chi connectivity index (χ4v) is 4.07. The molecule has 37 heavy (non-hydrogen) atoms. The third-order valence-electron chi connectivity index (χ3n) is 5.92. The summed E-state index contributed by atoms with van der Waals surface area (Å²) in [6.45, 7) is 3.68. The van der Waals surface area contributed by atoms with Crippen molar-refractivity contribution >= 4 is 17.2 Å². The van der Waals surface area contributed by atoms with Crippen LogP contribution in [0.4, 0.5) is 5.69 Å². The van der Waals surface area contributed by atoms with Crippen LogP contribution in [0.2, 0.25) is 0 Å². The summed E-state index contributed by atoms with van der Waals surface area (Å²) in [5, 5.41) is 16.1. The van der Waals surface area contributed by atoms with E-state index in [1.165, 1.54) is 0 Å². The van der Waals surface area contributed by atoms with Crippen LogP contribution in [-0.2, 0) is 0 Å². The van der Waals surface area contributed by atoms with Gasteiger partial charge in [-0.2, -0.15) is 5.10 Å². The number of hydrogen-bond donors (Lipinski definition) is 1. The summed E-state index contributed by atoms with van der Waals surface area (Å²) in [6.07, 6.45) is 0. The van der Waals surface area contributed by atoms with E-state index in [1.807, 2.05) is 55.5 Å². The van der Waals surface area contributed by atoms with Crippen molar-refractivity contribution in [1.82, 2.24) is 19.8 Å². The van der Waals surface area contributed by atoms with Crippen LogP contribution in [0.25, 0.3) is 16.8 Å². The fourth-order valence-electron chi connectivity index (χ4n) is 4.07. The number of rotatable bonds is 7. The van der Waals surface area contributed by atoms with Crippen LogP contribution in [0.1, 0.15) is 21.9 Å². The lowest BCUT2D eigenvalue weighted by Gasteiger charge is -2.10. The Hall–Kier alpha value is -4.92. The topological polar surface area (TPSA) is 99.9 Å². The number of nitrogens with one attached hydrogen (secondary N) is 1. The van der Waals surface area contributed by atoms with Gasteiger partial charge in [-0.1, -0.05) is 24.3 Å². The quantitative estimate of drug-likeness (QED) is 0.320. The predicted molar refractivity (Wildman–Crippen MR) is 140 cm³/mol. The minimum atomic E-state index is -0.385. The van der Waals surface area contributed by atoms with Crippen molar-refractivity contribution in [3.05, 3.63) is 89.9 Å². The van der Waals surface area contributed by atoms with Gasteiger partial charge in [0.05, 0.1) is 31.2 Å². The summed E-state index contributed by atoms with van der Waals surface area (Å²) in [5.41, 5.74) is 4.30. The van der Waals surface area contributed by atoms with E-state index in [4.69, 9.17) is 14.2 Å². The van der Waals surface area contributed by atoms with Gasteiger partial charge >= 0.3 is 0 Å². The molecule has 9 nitrogen and oxygen atoms in total. The zero-order chi connectivity index (χ0) is 25.9. The van der Waals surface area contributed by atoms with Gasteiger partial charge in [0.1, 0.15) is 11.5 Å². The lowest BCUT2D eigenvalue weighted by molar-refractivity contribution is 0.102. The van der Waals surface area contributed by atoms with Crippen LogP contribution in [-0.4, -0.2) is 39.9 Å². The van der Waals surface area contributed by atoms with Gasteiger partial charge in [0, 0.05) is 5.69 Å². The maximum absolute atomic E-state index is 13.1. The number of amides is 1. The summed E-state index contributed by atoms with van der Waals surface area (Å²) in [6, 6.07) is 22.2. The van der Waals surface area contributed by atoms with Crippen molar-refractivity contribution in [1.29, 1.82) is 0 Å². The molecule has 0 aliphatic heterocycles. The van der Waals surface area contributed by atoms with Crippen molar-refractivity contribution in [2.45, 2.75) is 13.8 Å². The van der Waals surface area contributed by atoms with E-state index >= 15 is 0 Å². The number of aromatic nitrogens is 4. The summed E-state index contributed by atoms with van der Waals surface area (Å²) < 4.78 is 18.2. The van der Waals surface area contributed by atoms with E-state index in [9.17, 15) is 4.79 Å². The molecule has 0 saturated heterocycles. The van der Waals surface area contributed by atoms with Crippen LogP contribution in [0.5, 0.6) is 23.0 Å². The molecule has 0 bridgehead atoms. The number of nitrogens with zero attached hydrogens (tertiary/aromatic N) is 4. The molecule has 1 N–H and O–H groups in total. The molecule has 0 radical (unpaired) electrons. The number of benzene rings is 3. The van der Waals surface area contributed by atoms with Crippen molar-refractivity contribution in [2.75, 3.05) is 19.5 Å². The van der Waals surface area contributed by atoms with Gasteiger partial charge in [-0.3, -0.25) is 4.79 Å². The molecular weight excluding hydrogens is 470 g/mol. The Labute approximate surface area is 213 Å². The van der Waals surface area contributed by atoms with Crippen LogP contribution in [0.15, 0.2) is 72.8 Å². The SMILES string of the molecule is COc1ccc(-c2c(C)nn3c(C)c(C(=O)Nc4ccc(Oc5ccccc5)cc4)nnc23)cc1OC. The molecule has 5 aromatic rings. The van der Waals surface area contributed by atoms with Crippen molar-refractivity contribution in [3.63, 3.8) is 0 Å². The second-order valence-corrected chi connectivity index (χ2v) is 8.29. The summed E-state index contributed by atoms with van der Waals surface area (Å²) in [4.78, 5) is 13.1. The zero-order valence-corrected chi connectivity index (χ0v) is 20.9. The Balaban J connectivity index is 1.40. The molecular formula is C28H25N5O4. The first kappa shape index (κ1) is 23.8. The Kier molecular flexibility index (Phi) is 6.42. The molecule has 9 heteroatoms. The molecule has 0 fully saturated rings. The minimum absolute atomic E-state index is 0.179. The summed E-state index contributed by atoms with van der Waals surface area (Å²) in [5.74, 6) is 2.24. The Morgan fingerprint density at radius 3 is 2.24 bits per heavy atom. The number of para-hydroxylation sites is 1. The molecule has 0 spiro atoms. The van der Waals surface area contributed by atoms with E-state index in [1.54, 1.807) is 49.9 Å². The zero-order valence-electron chi connectivity index (χ0n) is 20.9. The number of hydrogen-bond acceptors (Lipinski definition) is 7. The fraction of sp³-hybridized carbons (Fsp3) is 0.143. The maximum atomic E-state index is 13.1. The number of aryl methyl sites for hydroxylation is 2. The van der Waals surface area contributed by atoms with Crippen LogP contribution < -0.4 is 19.5 Å². The molecule has 0 saturated carbocycles. The second-order valence-electron chi connectivity index (χ2n) is 8.29. The lowest BCUT2D eigenvalue weighted by atomic mass is 10.1. The number of carbonyl (C=O) groups excluding carboxylic acids is 1. The smallest absolute Gasteiger partial charge is 0.278 e. The summed E-state index contributed by atoms with van der Waals surface area (Å²) in [7, 11) is 3.18. The normalized spacial score (nSPS) is 10.8. The third kappa shape index (κ3) is 4.66. The number of fused-ring (bicyclic) bond motifs is 1. The molecule has 186 valence electrons. The molecule has 2 heterocycles. The van der Waals surface area contributed by atoms with Gasteiger partial charge in [-0.15, -0.1) is 10.2 Å².